The fraction of sp³-hybridized carbons (Fsp3) is 0.286. The van der Waals surface area contributed by atoms with Crippen molar-refractivity contribution in [2.24, 2.45) is 5.92 Å². The van der Waals surface area contributed by atoms with Crippen LogP contribution < -0.4 is 0 Å². The molecule has 0 bridgehead atoms. The number of carboxylic acid groups (broad SMARTS) is 1. The van der Waals surface area contributed by atoms with Crippen molar-refractivity contribution in [3.05, 3.63) is 42.4 Å². The number of carbonyl (C=O) groups is 2. The first kappa shape index (κ1) is 14.7. The minimum absolute atomic E-state index is 0.127. The van der Waals surface area contributed by atoms with Crippen molar-refractivity contribution in [1.82, 2.24) is 19.7 Å². The van der Waals surface area contributed by atoms with Gasteiger partial charge in [0, 0.05) is 26.0 Å². The summed E-state index contributed by atoms with van der Waals surface area (Å²) >= 11 is 0. The number of amides is 1. The predicted molar refractivity (Wildman–Crippen MR) is 75.1 cm³/mol. The average molecular weight is 288 g/mol. The van der Waals surface area contributed by atoms with Gasteiger partial charge in [-0.1, -0.05) is 13.0 Å². The Morgan fingerprint density at radius 1 is 1.38 bits per heavy atom. The SMILES string of the molecule is CC(CN(C)C(=O)c1cccc(-n2cccn2)n1)C(=O)O. The summed E-state index contributed by atoms with van der Waals surface area (Å²) < 4.78 is 1.55. The molecular formula is C14H16N4O3. The molecule has 2 aromatic rings. The molecule has 0 spiro atoms. The molecule has 2 aromatic heterocycles. The number of nitrogens with zero attached hydrogens (tertiary/aromatic N) is 4. The van der Waals surface area contributed by atoms with E-state index in [4.69, 9.17) is 5.11 Å². The van der Waals surface area contributed by atoms with E-state index in [2.05, 4.69) is 10.1 Å². The summed E-state index contributed by atoms with van der Waals surface area (Å²) in [6, 6.07) is 6.81. The van der Waals surface area contributed by atoms with E-state index in [1.807, 2.05) is 0 Å². The van der Waals surface area contributed by atoms with Crippen LogP contribution >= 0.6 is 0 Å². The molecular weight excluding hydrogens is 272 g/mol. The van der Waals surface area contributed by atoms with Crippen LogP contribution in [0.15, 0.2) is 36.7 Å². The summed E-state index contributed by atoms with van der Waals surface area (Å²) in [6.07, 6.45) is 3.35. The van der Waals surface area contributed by atoms with E-state index in [1.165, 1.54) is 4.90 Å². The van der Waals surface area contributed by atoms with Gasteiger partial charge in [-0.15, -0.1) is 0 Å². The number of rotatable bonds is 5. The Morgan fingerprint density at radius 3 is 2.76 bits per heavy atom. The third-order valence-corrected chi connectivity index (χ3v) is 3.01. The molecule has 1 unspecified atom stereocenters. The lowest BCUT2D eigenvalue weighted by Crippen LogP contribution is -2.34. The van der Waals surface area contributed by atoms with E-state index in [0.29, 0.717) is 5.82 Å². The molecule has 0 aliphatic rings. The second kappa shape index (κ2) is 6.17. The van der Waals surface area contributed by atoms with Gasteiger partial charge in [-0.25, -0.2) is 9.67 Å². The van der Waals surface area contributed by atoms with Crippen LogP contribution in [0.2, 0.25) is 0 Å². The summed E-state index contributed by atoms with van der Waals surface area (Å²) in [5.41, 5.74) is 0.253. The first-order chi connectivity index (χ1) is 9.99. The van der Waals surface area contributed by atoms with E-state index >= 15 is 0 Å². The monoisotopic (exact) mass is 288 g/mol. The number of aliphatic carboxylic acids is 1. The van der Waals surface area contributed by atoms with Crippen LogP contribution in [0.1, 0.15) is 17.4 Å². The molecule has 1 amide bonds. The van der Waals surface area contributed by atoms with Gasteiger partial charge in [0.15, 0.2) is 5.82 Å². The van der Waals surface area contributed by atoms with Crippen LogP contribution in [0.4, 0.5) is 0 Å². The highest BCUT2D eigenvalue weighted by Gasteiger charge is 2.19. The minimum Gasteiger partial charge on any atom is -0.481 e. The molecule has 0 radical (unpaired) electrons. The number of aromatic nitrogens is 3. The second-order valence-electron chi connectivity index (χ2n) is 4.76. The Bertz CT molecular complexity index is 639. The third-order valence-electron chi connectivity index (χ3n) is 3.01. The molecule has 21 heavy (non-hydrogen) atoms. The van der Waals surface area contributed by atoms with Gasteiger partial charge in [0.1, 0.15) is 5.69 Å². The van der Waals surface area contributed by atoms with Gasteiger partial charge in [-0.05, 0) is 18.2 Å². The number of hydrogen-bond donors (Lipinski definition) is 1. The van der Waals surface area contributed by atoms with E-state index in [9.17, 15) is 9.59 Å². The molecule has 0 aliphatic heterocycles. The summed E-state index contributed by atoms with van der Waals surface area (Å²) in [4.78, 5) is 28.7. The van der Waals surface area contributed by atoms with E-state index in [0.717, 1.165) is 0 Å². The van der Waals surface area contributed by atoms with Crippen LogP contribution in [0, 0.1) is 5.92 Å². The maximum absolute atomic E-state index is 12.3. The van der Waals surface area contributed by atoms with Crippen LogP contribution in [0.25, 0.3) is 5.82 Å². The number of pyridine rings is 1. The molecule has 0 saturated carbocycles. The zero-order valence-electron chi connectivity index (χ0n) is 11.8. The zero-order valence-corrected chi connectivity index (χ0v) is 11.8. The molecule has 7 heteroatoms. The molecule has 1 atom stereocenters. The molecule has 110 valence electrons. The topological polar surface area (TPSA) is 88.3 Å². The second-order valence-corrected chi connectivity index (χ2v) is 4.76. The number of hydrogen-bond acceptors (Lipinski definition) is 4. The largest absolute Gasteiger partial charge is 0.481 e. The lowest BCUT2D eigenvalue weighted by atomic mass is 10.1. The third kappa shape index (κ3) is 3.44. The summed E-state index contributed by atoms with van der Waals surface area (Å²) in [5, 5.41) is 12.9. The van der Waals surface area contributed by atoms with Crippen LogP contribution in [-0.2, 0) is 4.79 Å². The maximum atomic E-state index is 12.3. The normalized spacial score (nSPS) is 11.9. The van der Waals surface area contributed by atoms with Crippen LogP contribution in [-0.4, -0.2) is 50.2 Å². The highest BCUT2D eigenvalue weighted by atomic mass is 16.4. The van der Waals surface area contributed by atoms with E-state index in [1.54, 1.807) is 55.3 Å². The first-order valence-corrected chi connectivity index (χ1v) is 6.44. The summed E-state index contributed by atoms with van der Waals surface area (Å²) in [5.74, 6) is -1.36. The molecule has 0 aliphatic carbocycles. The van der Waals surface area contributed by atoms with Gasteiger partial charge >= 0.3 is 5.97 Å². The van der Waals surface area contributed by atoms with Gasteiger partial charge in [0.25, 0.3) is 5.91 Å². The molecule has 7 nitrogen and oxygen atoms in total. The van der Waals surface area contributed by atoms with Gasteiger partial charge < -0.3 is 10.0 Å². The number of carboxylic acids is 1. The fourth-order valence-electron chi connectivity index (χ4n) is 1.84. The molecule has 0 fully saturated rings. The molecule has 2 rings (SSSR count). The Balaban J connectivity index is 2.16. The Labute approximate surface area is 121 Å². The first-order valence-electron chi connectivity index (χ1n) is 6.44. The van der Waals surface area contributed by atoms with Crippen molar-refractivity contribution in [1.29, 1.82) is 0 Å². The van der Waals surface area contributed by atoms with Gasteiger partial charge in [-0.2, -0.15) is 5.10 Å². The molecule has 2 heterocycles. The fourth-order valence-corrected chi connectivity index (χ4v) is 1.84. The standard InChI is InChI=1S/C14H16N4O3/c1-10(14(20)21)9-17(2)13(19)11-5-3-6-12(16-11)18-8-4-7-15-18/h3-8,10H,9H2,1-2H3,(H,20,21). The van der Waals surface area contributed by atoms with Crippen LogP contribution in [0.5, 0.6) is 0 Å². The lowest BCUT2D eigenvalue weighted by Gasteiger charge is -2.19. The smallest absolute Gasteiger partial charge is 0.308 e. The Hall–Kier alpha value is -2.70. The zero-order chi connectivity index (χ0) is 15.4. The van der Waals surface area contributed by atoms with Crippen LogP contribution in [0.3, 0.4) is 0 Å². The molecule has 1 N–H and O–H groups in total. The Morgan fingerprint density at radius 2 is 2.14 bits per heavy atom. The number of carbonyl (C=O) groups excluding carboxylic acids is 1. The predicted octanol–water partition coefficient (Wildman–Crippen LogP) is 1.06. The highest BCUT2D eigenvalue weighted by molar-refractivity contribution is 5.92. The highest BCUT2D eigenvalue weighted by Crippen LogP contribution is 2.08. The maximum Gasteiger partial charge on any atom is 0.308 e. The average Bonchev–Trinajstić information content (AvgIpc) is 3.00. The van der Waals surface area contributed by atoms with Gasteiger partial charge in [0.2, 0.25) is 0 Å². The van der Waals surface area contributed by atoms with Crippen molar-refractivity contribution in [2.45, 2.75) is 6.92 Å². The summed E-state index contributed by atoms with van der Waals surface area (Å²) in [7, 11) is 1.56. The van der Waals surface area contributed by atoms with E-state index < -0.39 is 11.9 Å². The van der Waals surface area contributed by atoms with Crippen molar-refractivity contribution in [3.63, 3.8) is 0 Å². The summed E-state index contributed by atoms with van der Waals surface area (Å²) in [6.45, 7) is 1.68. The minimum atomic E-state index is -0.937. The van der Waals surface area contributed by atoms with Gasteiger partial charge in [0.05, 0.1) is 5.92 Å². The van der Waals surface area contributed by atoms with E-state index in [-0.39, 0.29) is 18.1 Å². The van der Waals surface area contributed by atoms with Crippen molar-refractivity contribution in [2.75, 3.05) is 13.6 Å². The van der Waals surface area contributed by atoms with Gasteiger partial charge in [-0.3, -0.25) is 9.59 Å². The molecule has 0 saturated heterocycles. The van der Waals surface area contributed by atoms with Crippen molar-refractivity contribution >= 4 is 11.9 Å². The molecule has 0 aromatic carbocycles. The quantitative estimate of drug-likeness (QED) is 0.888. The van der Waals surface area contributed by atoms with Crippen molar-refractivity contribution in [3.8, 4) is 5.82 Å². The Kier molecular flexibility index (Phi) is 4.32. The van der Waals surface area contributed by atoms with Crippen molar-refractivity contribution < 1.29 is 14.7 Å². The lowest BCUT2D eigenvalue weighted by molar-refractivity contribution is -0.141.